The lowest BCUT2D eigenvalue weighted by Gasteiger charge is -2.15. The molecule has 0 radical (unpaired) electrons. The summed E-state index contributed by atoms with van der Waals surface area (Å²) < 4.78 is 48.7. The molecule has 0 bridgehead atoms. The lowest BCUT2D eigenvalue weighted by atomic mass is 10.1. The molecule has 0 amide bonds. The average molecular weight is 408 g/mol. The summed E-state index contributed by atoms with van der Waals surface area (Å²) in [5.74, 6) is -0.143. The Balaban J connectivity index is 2.13. The van der Waals surface area contributed by atoms with Crippen LogP contribution in [-0.4, -0.2) is 33.2 Å². The lowest BCUT2D eigenvalue weighted by molar-refractivity contribution is -0.274. The molecule has 3 rings (SSSR count). The Hall–Kier alpha value is -2.84. The molecular formula is C20H23F3N4O2. The first-order valence-corrected chi connectivity index (χ1v) is 9.36. The number of fused-ring (bicyclic) bond motifs is 1. The van der Waals surface area contributed by atoms with Crippen molar-refractivity contribution in [3.05, 3.63) is 29.6 Å². The predicted molar refractivity (Wildman–Crippen MR) is 103 cm³/mol. The topological polar surface area (TPSA) is 62.1 Å². The van der Waals surface area contributed by atoms with E-state index in [-0.39, 0.29) is 17.5 Å². The van der Waals surface area contributed by atoms with E-state index in [1.54, 1.807) is 6.92 Å². The second-order valence-electron chi connectivity index (χ2n) is 6.74. The van der Waals surface area contributed by atoms with Crippen LogP contribution in [0.4, 0.5) is 13.2 Å². The summed E-state index contributed by atoms with van der Waals surface area (Å²) in [6, 6.07) is 4.13. The summed E-state index contributed by atoms with van der Waals surface area (Å²) in [5, 5.41) is 4.62. The van der Waals surface area contributed by atoms with Crippen LogP contribution in [-0.2, 0) is 0 Å². The fraction of sp³-hybridized carbons (Fsp3) is 0.450. The van der Waals surface area contributed by atoms with Gasteiger partial charge in [-0.1, -0.05) is 13.8 Å². The molecule has 0 aliphatic carbocycles. The van der Waals surface area contributed by atoms with Gasteiger partial charge in [0, 0.05) is 11.6 Å². The molecule has 0 fully saturated rings. The van der Waals surface area contributed by atoms with Crippen molar-refractivity contribution < 1.29 is 22.6 Å². The Bertz CT molecular complexity index is 1030. The molecule has 9 heteroatoms. The van der Waals surface area contributed by atoms with Gasteiger partial charge in [-0.05, 0) is 38.8 Å². The van der Waals surface area contributed by atoms with Gasteiger partial charge in [-0.25, -0.2) is 14.6 Å². The summed E-state index contributed by atoms with van der Waals surface area (Å²) in [6.45, 7) is 7.87. The van der Waals surface area contributed by atoms with Crippen LogP contribution < -0.4 is 9.47 Å². The van der Waals surface area contributed by atoms with E-state index >= 15 is 0 Å². The van der Waals surface area contributed by atoms with Gasteiger partial charge in [0.15, 0.2) is 5.65 Å². The van der Waals surface area contributed by atoms with E-state index in [9.17, 15) is 13.2 Å². The zero-order valence-electron chi connectivity index (χ0n) is 17.0. The van der Waals surface area contributed by atoms with Crippen molar-refractivity contribution in [2.24, 2.45) is 0 Å². The number of hydrogen-bond donors (Lipinski definition) is 0. The van der Waals surface area contributed by atoms with Crippen molar-refractivity contribution in [1.29, 1.82) is 0 Å². The van der Waals surface area contributed by atoms with Crippen LogP contribution in [0.1, 0.15) is 44.1 Å². The highest BCUT2D eigenvalue weighted by atomic mass is 19.4. The van der Waals surface area contributed by atoms with Crippen molar-refractivity contribution >= 4 is 11.2 Å². The van der Waals surface area contributed by atoms with Crippen LogP contribution >= 0.6 is 0 Å². The monoisotopic (exact) mass is 408 g/mol. The fourth-order valence-electron chi connectivity index (χ4n) is 3.37. The summed E-state index contributed by atoms with van der Waals surface area (Å²) in [4.78, 5) is 9.46. The van der Waals surface area contributed by atoms with Crippen LogP contribution in [0.3, 0.4) is 0 Å². The molecule has 2 heterocycles. The van der Waals surface area contributed by atoms with Gasteiger partial charge in [0.2, 0.25) is 0 Å². The van der Waals surface area contributed by atoms with Gasteiger partial charge in [-0.3, -0.25) is 0 Å². The zero-order valence-corrected chi connectivity index (χ0v) is 17.0. The molecule has 0 aliphatic rings. The second-order valence-corrected chi connectivity index (χ2v) is 6.74. The van der Waals surface area contributed by atoms with Crippen molar-refractivity contribution in [2.45, 2.75) is 52.9 Å². The van der Waals surface area contributed by atoms with Gasteiger partial charge in [0.05, 0.1) is 30.2 Å². The Morgan fingerprint density at radius 1 is 1.07 bits per heavy atom. The first-order valence-electron chi connectivity index (χ1n) is 9.36. The van der Waals surface area contributed by atoms with Crippen LogP contribution in [0.5, 0.6) is 11.5 Å². The van der Waals surface area contributed by atoms with Crippen molar-refractivity contribution in [1.82, 2.24) is 19.7 Å². The maximum absolute atomic E-state index is 12.5. The van der Waals surface area contributed by atoms with Crippen molar-refractivity contribution in [3.63, 3.8) is 0 Å². The molecule has 0 spiro atoms. The minimum atomic E-state index is -4.78. The average Bonchev–Trinajstić information content (AvgIpc) is 2.96. The van der Waals surface area contributed by atoms with Crippen LogP contribution in [0, 0.1) is 13.8 Å². The van der Waals surface area contributed by atoms with E-state index < -0.39 is 6.36 Å². The van der Waals surface area contributed by atoms with Gasteiger partial charge in [-0.15, -0.1) is 13.2 Å². The third kappa shape index (κ3) is 4.13. The van der Waals surface area contributed by atoms with Crippen molar-refractivity contribution in [2.75, 3.05) is 7.11 Å². The van der Waals surface area contributed by atoms with E-state index in [1.807, 2.05) is 11.6 Å². The lowest BCUT2D eigenvalue weighted by Crippen LogP contribution is -2.17. The minimum Gasteiger partial charge on any atom is -0.496 e. The molecule has 2 aromatic heterocycles. The maximum atomic E-state index is 12.5. The number of rotatable bonds is 6. The van der Waals surface area contributed by atoms with Gasteiger partial charge in [0.25, 0.3) is 0 Å². The highest BCUT2D eigenvalue weighted by Crippen LogP contribution is 2.36. The molecule has 156 valence electrons. The largest absolute Gasteiger partial charge is 0.573 e. The van der Waals surface area contributed by atoms with Gasteiger partial charge < -0.3 is 9.47 Å². The molecule has 0 N–H and O–H groups in total. The summed E-state index contributed by atoms with van der Waals surface area (Å²) in [7, 11) is 1.38. The van der Waals surface area contributed by atoms with Gasteiger partial charge in [-0.2, -0.15) is 5.10 Å². The molecule has 0 aliphatic heterocycles. The molecule has 0 saturated carbocycles. The standard InChI is InChI=1S/C20H23F3N4O2/c1-6-13(7-2)27-19-18(12(4)26-27)25-17(11(3)24-19)15-9-8-14(10-16(15)28-5)29-20(21,22)23/h8-10,13H,6-7H2,1-5H3. The molecule has 0 atom stereocenters. The van der Waals surface area contributed by atoms with E-state index in [0.717, 1.165) is 18.5 Å². The van der Waals surface area contributed by atoms with Crippen LogP contribution in [0.15, 0.2) is 18.2 Å². The highest BCUT2D eigenvalue weighted by molar-refractivity contribution is 5.80. The third-order valence-electron chi connectivity index (χ3n) is 4.82. The second kappa shape index (κ2) is 7.88. The van der Waals surface area contributed by atoms with E-state index in [2.05, 4.69) is 23.7 Å². The maximum Gasteiger partial charge on any atom is 0.573 e. The smallest absolute Gasteiger partial charge is 0.496 e. The minimum absolute atomic E-state index is 0.216. The number of methoxy groups -OCH3 is 1. The third-order valence-corrected chi connectivity index (χ3v) is 4.82. The van der Waals surface area contributed by atoms with Crippen molar-refractivity contribution in [3.8, 4) is 22.8 Å². The number of aromatic nitrogens is 4. The molecular weight excluding hydrogens is 385 g/mol. The van der Waals surface area contributed by atoms with E-state index in [4.69, 9.17) is 14.7 Å². The fourth-order valence-corrected chi connectivity index (χ4v) is 3.37. The van der Waals surface area contributed by atoms with E-state index in [0.29, 0.717) is 28.1 Å². The number of benzene rings is 1. The number of aryl methyl sites for hydroxylation is 2. The number of halogens is 3. The first kappa shape index (κ1) is 20.9. The quantitative estimate of drug-likeness (QED) is 0.548. The van der Waals surface area contributed by atoms with Crippen LogP contribution in [0.2, 0.25) is 0 Å². The number of nitrogens with zero attached hydrogens (tertiary/aromatic N) is 4. The number of alkyl halides is 3. The van der Waals surface area contributed by atoms with Gasteiger partial charge in [0.1, 0.15) is 17.0 Å². The summed E-state index contributed by atoms with van der Waals surface area (Å²) >= 11 is 0. The zero-order chi connectivity index (χ0) is 21.3. The first-order chi connectivity index (χ1) is 13.7. The highest BCUT2D eigenvalue weighted by Gasteiger charge is 2.31. The number of hydrogen-bond acceptors (Lipinski definition) is 5. The van der Waals surface area contributed by atoms with Gasteiger partial charge >= 0.3 is 6.36 Å². The molecule has 29 heavy (non-hydrogen) atoms. The molecule has 1 aromatic carbocycles. The molecule has 0 unspecified atom stereocenters. The van der Waals surface area contributed by atoms with E-state index in [1.165, 1.54) is 25.3 Å². The Morgan fingerprint density at radius 3 is 2.34 bits per heavy atom. The molecule has 0 saturated heterocycles. The molecule has 3 aromatic rings. The Labute approximate surface area is 166 Å². The van der Waals surface area contributed by atoms with Crippen LogP contribution in [0.25, 0.3) is 22.4 Å². The number of ether oxygens (including phenoxy) is 2. The Morgan fingerprint density at radius 2 is 1.76 bits per heavy atom. The Kier molecular flexibility index (Phi) is 5.68. The summed E-state index contributed by atoms with van der Waals surface area (Å²) in [6.07, 6.45) is -2.94. The summed E-state index contributed by atoms with van der Waals surface area (Å²) in [5.41, 5.74) is 3.80. The molecule has 6 nitrogen and oxygen atoms in total. The normalized spacial score (nSPS) is 12.0. The SMILES string of the molecule is CCC(CC)n1nc(C)c2nc(-c3ccc(OC(F)(F)F)cc3OC)c(C)nc21. The predicted octanol–water partition coefficient (Wildman–Crippen LogP) is 5.38.